The average molecular weight is 541 g/mol. The molecule has 3 rings (SSSR count). The van der Waals surface area contributed by atoms with Gasteiger partial charge in [0.1, 0.15) is 23.0 Å². The van der Waals surface area contributed by atoms with Crippen molar-refractivity contribution >= 4 is 40.8 Å². The number of aromatic hydroxyl groups is 1. The Morgan fingerprint density at radius 3 is 2.26 bits per heavy atom. The summed E-state index contributed by atoms with van der Waals surface area (Å²) < 4.78 is 16.5. The molecule has 0 bridgehead atoms. The zero-order valence-electron chi connectivity index (χ0n) is 21.7. The normalized spacial score (nSPS) is 11.3. The molecule has 0 aliphatic heterocycles. The van der Waals surface area contributed by atoms with E-state index >= 15 is 0 Å². The van der Waals surface area contributed by atoms with Crippen molar-refractivity contribution in [3.63, 3.8) is 0 Å². The van der Waals surface area contributed by atoms with Gasteiger partial charge in [0.25, 0.3) is 5.91 Å². The smallest absolute Gasteiger partial charge is 0.397 e. The van der Waals surface area contributed by atoms with Crippen molar-refractivity contribution in [3.8, 4) is 23.0 Å². The van der Waals surface area contributed by atoms with E-state index in [1.54, 1.807) is 64.1 Å². The zero-order valence-corrected chi connectivity index (χ0v) is 22.4. The molecule has 0 aliphatic rings. The van der Waals surface area contributed by atoms with Gasteiger partial charge in [-0.3, -0.25) is 9.59 Å². The van der Waals surface area contributed by atoms with Crippen molar-refractivity contribution < 1.29 is 33.7 Å². The molecule has 0 aromatic heterocycles. The molecule has 0 heterocycles. The SMILES string of the molecule is CCOC(=O)C(=O)Nc1cc(C)c(Oc2ccc(O)c(NC(=O)C(C)Oc3ccc(Cl)cc3C)c2)c(C)c1. The standard InChI is InChI=1S/C28H29ClN2O7/c1-6-36-28(35)27(34)30-20-12-16(3)25(17(4)13-20)38-21-8-9-23(32)22(14-21)31-26(33)18(5)37-24-10-7-19(29)11-15(24)2/h7-14,18,32H,6H2,1-5H3,(H,30,34)(H,31,33). The lowest BCUT2D eigenvalue weighted by Crippen LogP contribution is -2.30. The number of carbonyl (C=O) groups is 3. The van der Waals surface area contributed by atoms with E-state index in [0.29, 0.717) is 39.1 Å². The number of carbonyl (C=O) groups excluding carboxylic acids is 3. The molecule has 0 spiro atoms. The third kappa shape index (κ3) is 7.17. The van der Waals surface area contributed by atoms with Crippen LogP contribution in [0.4, 0.5) is 11.4 Å². The second kappa shape index (κ2) is 12.3. The summed E-state index contributed by atoms with van der Waals surface area (Å²) in [6.45, 7) is 8.69. The van der Waals surface area contributed by atoms with Gasteiger partial charge in [-0.2, -0.15) is 0 Å². The zero-order chi connectivity index (χ0) is 28.0. The molecule has 0 aliphatic carbocycles. The van der Waals surface area contributed by atoms with E-state index in [0.717, 1.165) is 5.56 Å². The Morgan fingerprint density at radius 1 is 0.947 bits per heavy atom. The lowest BCUT2D eigenvalue weighted by atomic mass is 10.1. The molecule has 10 heteroatoms. The van der Waals surface area contributed by atoms with Gasteiger partial charge < -0.3 is 30.0 Å². The quantitative estimate of drug-likeness (QED) is 0.191. The third-order valence-corrected chi connectivity index (χ3v) is 5.67. The van der Waals surface area contributed by atoms with Crippen LogP contribution in [-0.4, -0.2) is 35.6 Å². The van der Waals surface area contributed by atoms with Gasteiger partial charge in [0, 0.05) is 16.8 Å². The number of hydrogen-bond donors (Lipinski definition) is 3. The molecule has 1 unspecified atom stereocenters. The highest BCUT2D eigenvalue weighted by Gasteiger charge is 2.19. The van der Waals surface area contributed by atoms with Gasteiger partial charge in [0.05, 0.1) is 12.3 Å². The first kappa shape index (κ1) is 28.3. The van der Waals surface area contributed by atoms with Crippen molar-refractivity contribution in [3.05, 3.63) is 70.2 Å². The number of halogens is 1. The second-order valence-electron chi connectivity index (χ2n) is 8.55. The van der Waals surface area contributed by atoms with Crippen molar-refractivity contribution in [1.29, 1.82) is 0 Å². The van der Waals surface area contributed by atoms with Crippen LogP contribution < -0.4 is 20.1 Å². The van der Waals surface area contributed by atoms with E-state index in [2.05, 4.69) is 10.6 Å². The number of rotatable bonds is 8. The molecule has 3 N–H and O–H groups in total. The van der Waals surface area contributed by atoms with Crippen LogP contribution in [0.15, 0.2) is 48.5 Å². The number of benzene rings is 3. The lowest BCUT2D eigenvalue weighted by Gasteiger charge is -2.18. The summed E-state index contributed by atoms with van der Waals surface area (Å²) in [5.41, 5.74) is 2.71. The maximum Gasteiger partial charge on any atom is 0.397 e. The van der Waals surface area contributed by atoms with Crippen LogP contribution in [0, 0.1) is 20.8 Å². The molecule has 38 heavy (non-hydrogen) atoms. The molecule has 3 aromatic carbocycles. The monoisotopic (exact) mass is 540 g/mol. The summed E-state index contributed by atoms with van der Waals surface area (Å²) in [4.78, 5) is 36.3. The number of aryl methyl sites for hydroxylation is 3. The van der Waals surface area contributed by atoms with E-state index in [9.17, 15) is 19.5 Å². The molecule has 200 valence electrons. The van der Waals surface area contributed by atoms with E-state index in [-0.39, 0.29) is 18.0 Å². The van der Waals surface area contributed by atoms with Gasteiger partial charge in [0.2, 0.25) is 0 Å². The molecule has 2 amide bonds. The minimum atomic E-state index is -0.968. The first-order valence-electron chi connectivity index (χ1n) is 11.8. The highest BCUT2D eigenvalue weighted by Crippen LogP contribution is 2.35. The predicted octanol–water partition coefficient (Wildman–Crippen LogP) is 5.67. The molecule has 0 radical (unpaired) electrons. The van der Waals surface area contributed by atoms with E-state index in [1.165, 1.54) is 12.1 Å². The summed E-state index contributed by atoms with van der Waals surface area (Å²) >= 11 is 5.97. The number of hydrogen-bond acceptors (Lipinski definition) is 7. The third-order valence-electron chi connectivity index (χ3n) is 5.43. The predicted molar refractivity (Wildman–Crippen MR) is 144 cm³/mol. The number of amides is 2. The Kier molecular flexibility index (Phi) is 9.20. The van der Waals surface area contributed by atoms with Gasteiger partial charge in [0.15, 0.2) is 6.10 Å². The molecule has 3 aromatic rings. The fourth-order valence-electron chi connectivity index (χ4n) is 3.58. The van der Waals surface area contributed by atoms with Crippen molar-refractivity contribution in [2.24, 2.45) is 0 Å². The molecular formula is C28H29ClN2O7. The number of anilines is 2. The van der Waals surface area contributed by atoms with Crippen molar-refractivity contribution in [2.75, 3.05) is 17.2 Å². The molecule has 9 nitrogen and oxygen atoms in total. The van der Waals surface area contributed by atoms with Gasteiger partial charge in [-0.1, -0.05) is 11.6 Å². The van der Waals surface area contributed by atoms with Crippen LogP contribution in [0.3, 0.4) is 0 Å². The number of nitrogens with one attached hydrogen (secondary N) is 2. The average Bonchev–Trinajstić information content (AvgIpc) is 2.85. The van der Waals surface area contributed by atoms with Gasteiger partial charge in [-0.15, -0.1) is 0 Å². The summed E-state index contributed by atoms with van der Waals surface area (Å²) in [7, 11) is 0. The highest BCUT2D eigenvalue weighted by atomic mass is 35.5. The fourth-order valence-corrected chi connectivity index (χ4v) is 3.81. The Balaban J connectivity index is 1.72. The van der Waals surface area contributed by atoms with E-state index in [1.807, 2.05) is 6.92 Å². The Morgan fingerprint density at radius 2 is 1.63 bits per heavy atom. The molecule has 0 fully saturated rings. The number of phenolic OH excluding ortho intramolecular Hbond substituents is 1. The summed E-state index contributed by atoms with van der Waals surface area (Å²) in [5.74, 6) is -1.07. The number of ether oxygens (including phenoxy) is 3. The fraction of sp³-hybridized carbons (Fsp3) is 0.250. The van der Waals surface area contributed by atoms with Crippen molar-refractivity contribution in [1.82, 2.24) is 0 Å². The maximum absolute atomic E-state index is 12.8. The Hall–Kier alpha value is -4.24. The maximum atomic E-state index is 12.8. The summed E-state index contributed by atoms with van der Waals surface area (Å²) in [6, 6.07) is 12.8. The Bertz CT molecular complexity index is 1350. The van der Waals surface area contributed by atoms with Crippen LogP contribution in [0.25, 0.3) is 0 Å². The molecule has 1 atom stereocenters. The van der Waals surface area contributed by atoms with Crippen LogP contribution in [0.5, 0.6) is 23.0 Å². The second-order valence-corrected chi connectivity index (χ2v) is 8.99. The van der Waals surface area contributed by atoms with Gasteiger partial charge in [-0.25, -0.2) is 4.79 Å². The minimum Gasteiger partial charge on any atom is -0.506 e. The van der Waals surface area contributed by atoms with E-state index < -0.39 is 23.9 Å². The van der Waals surface area contributed by atoms with Gasteiger partial charge >= 0.3 is 11.9 Å². The minimum absolute atomic E-state index is 0.0973. The number of esters is 1. The number of phenols is 1. The van der Waals surface area contributed by atoms with Crippen LogP contribution in [-0.2, 0) is 19.1 Å². The molecule has 0 saturated carbocycles. The molecular weight excluding hydrogens is 512 g/mol. The first-order chi connectivity index (χ1) is 18.0. The van der Waals surface area contributed by atoms with Crippen LogP contribution in [0.1, 0.15) is 30.5 Å². The van der Waals surface area contributed by atoms with Gasteiger partial charge in [-0.05, 0) is 93.8 Å². The molecule has 0 saturated heterocycles. The van der Waals surface area contributed by atoms with E-state index in [4.69, 9.17) is 25.8 Å². The lowest BCUT2D eigenvalue weighted by molar-refractivity contribution is -0.152. The largest absolute Gasteiger partial charge is 0.506 e. The summed E-state index contributed by atoms with van der Waals surface area (Å²) in [5, 5.41) is 16.0. The first-order valence-corrected chi connectivity index (χ1v) is 12.2. The van der Waals surface area contributed by atoms with Crippen LogP contribution >= 0.6 is 11.6 Å². The topological polar surface area (TPSA) is 123 Å². The van der Waals surface area contributed by atoms with Crippen molar-refractivity contribution in [2.45, 2.75) is 40.7 Å². The highest BCUT2D eigenvalue weighted by molar-refractivity contribution is 6.37. The van der Waals surface area contributed by atoms with Crippen LogP contribution in [0.2, 0.25) is 5.02 Å². The Labute approximate surface area is 225 Å². The summed E-state index contributed by atoms with van der Waals surface area (Å²) in [6.07, 6.45) is -0.860.